The SMILES string of the molecule is C[n+]1ccn(I(c2ccccc2)n2cc[n+](C)c2)c1. The van der Waals surface area contributed by atoms with E-state index in [2.05, 4.69) is 96.6 Å². The number of rotatable bonds is 3. The molecule has 0 radical (unpaired) electrons. The maximum atomic E-state index is 2.36. The van der Waals surface area contributed by atoms with Crippen LogP contribution < -0.4 is 9.13 Å². The van der Waals surface area contributed by atoms with Crippen LogP contribution in [0.5, 0.6) is 0 Å². The van der Waals surface area contributed by atoms with E-state index in [0.29, 0.717) is 0 Å². The second-order valence-electron chi connectivity index (χ2n) is 4.39. The zero-order chi connectivity index (χ0) is 13.2. The molecule has 98 valence electrons. The molecule has 0 fully saturated rings. The van der Waals surface area contributed by atoms with Gasteiger partial charge in [-0.3, -0.25) is 0 Å². The molecule has 0 unspecified atom stereocenters. The van der Waals surface area contributed by atoms with Crippen LogP contribution in [-0.2, 0) is 14.1 Å². The molecule has 0 aliphatic carbocycles. The van der Waals surface area contributed by atoms with E-state index in [1.54, 1.807) is 0 Å². The molecule has 0 spiro atoms. The number of hydrogen-bond acceptors (Lipinski definition) is 0. The van der Waals surface area contributed by atoms with Crippen LogP contribution in [0.4, 0.5) is 0 Å². The summed E-state index contributed by atoms with van der Waals surface area (Å²) in [5.41, 5.74) is 0. The van der Waals surface area contributed by atoms with Gasteiger partial charge in [-0.05, 0) is 0 Å². The Hall–Kier alpha value is -1.63. The monoisotopic (exact) mass is 368 g/mol. The van der Waals surface area contributed by atoms with Gasteiger partial charge in [0.05, 0.1) is 0 Å². The Morgan fingerprint density at radius 3 is 1.79 bits per heavy atom. The molecule has 3 aromatic rings. The van der Waals surface area contributed by atoms with Gasteiger partial charge >= 0.3 is 121 Å². The van der Waals surface area contributed by atoms with Gasteiger partial charge in [0.15, 0.2) is 0 Å². The fraction of sp³-hybridized carbons (Fsp3) is 0.143. The molecule has 3 rings (SSSR count). The number of nitrogens with zero attached hydrogens (tertiary/aromatic N) is 4. The Bertz CT molecular complexity index is 631. The normalized spacial score (nSPS) is 11.6. The molecular weight excluding hydrogens is 351 g/mol. The van der Waals surface area contributed by atoms with Gasteiger partial charge in [-0.1, -0.05) is 0 Å². The van der Waals surface area contributed by atoms with E-state index in [1.807, 2.05) is 0 Å². The minimum atomic E-state index is -1.68. The summed E-state index contributed by atoms with van der Waals surface area (Å²) in [5.74, 6) is 0. The summed E-state index contributed by atoms with van der Waals surface area (Å²) in [6, 6.07) is 10.8. The summed E-state index contributed by atoms with van der Waals surface area (Å²) in [6.07, 6.45) is 12.8. The fourth-order valence-electron chi connectivity index (χ4n) is 1.88. The molecule has 2 aromatic heterocycles. The van der Waals surface area contributed by atoms with Gasteiger partial charge in [0.25, 0.3) is 0 Å². The molecule has 0 aliphatic rings. The van der Waals surface area contributed by atoms with Crippen LogP contribution in [0, 0.1) is 3.57 Å². The van der Waals surface area contributed by atoms with Crippen molar-refractivity contribution in [1.29, 1.82) is 0 Å². The Kier molecular flexibility index (Phi) is 3.37. The first-order chi connectivity index (χ1) is 9.24. The van der Waals surface area contributed by atoms with Crippen molar-refractivity contribution in [3.05, 3.63) is 71.3 Å². The van der Waals surface area contributed by atoms with Crippen molar-refractivity contribution in [1.82, 2.24) is 5.56 Å². The van der Waals surface area contributed by atoms with Gasteiger partial charge in [-0.25, -0.2) is 0 Å². The van der Waals surface area contributed by atoms with Crippen molar-refractivity contribution in [2.45, 2.75) is 0 Å². The van der Waals surface area contributed by atoms with Crippen molar-refractivity contribution >= 4 is 20.4 Å². The van der Waals surface area contributed by atoms with E-state index in [-0.39, 0.29) is 0 Å². The average molecular weight is 368 g/mol. The van der Waals surface area contributed by atoms with Gasteiger partial charge in [0, 0.05) is 0 Å². The third-order valence-electron chi connectivity index (χ3n) is 2.77. The third-order valence-corrected chi connectivity index (χ3v) is 7.86. The zero-order valence-electron chi connectivity index (χ0n) is 11.0. The van der Waals surface area contributed by atoms with Gasteiger partial charge in [0.1, 0.15) is 0 Å². The van der Waals surface area contributed by atoms with E-state index in [4.69, 9.17) is 0 Å². The number of halogens is 1. The van der Waals surface area contributed by atoms with E-state index in [0.717, 1.165) is 0 Å². The quantitative estimate of drug-likeness (QED) is 0.493. The van der Waals surface area contributed by atoms with Crippen LogP contribution >= 0.6 is 20.4 Å². The van der Waals surface area contributed by atoms with Gasteiger partial charge in [-0.15, -0.1) is 0 Å². The number of imidazole rings is 2. The van der Waals surface area contributed by atoms with Crippen molar-refractivity contribution in [2.75, 3.05) is 0 Å². The molecule has 0 N–H and O–H groups in total. The molecule has 5 heteroatoms. The van der Waals surface area contributed by atoms with Gasteiger partial charge < -0.3 is 0 Å². The molecule has 0 amide bonds. The van der Waals surface area contributed by atoms with Crippen molar-refractivity contribution < 1.29 is 9.13 Å². The number of aryl methyl sites for hydroxylation is 2. The zero-order valence-corrected chi connectivity index (χ0v) is 13.2. The summed E-state index contributed by atoms with van der Waals surface area (Å²) < 4.78 is 10.3. The molecular formula is C14H17IN4+2. The van der Waals surface area contributed by atoms with Crippen molar-refractivity contribution in [3.8, 4) is 0 Å². The Morgan fingerprint density at radius 2 is 1.37 bits per heavy atom. The van der Waals surface area contributed by atoms with Crippen LogP contribution in [0.25, 0.3) is 0 Å². The van der Waals surface area contributed by atoms with Gasteiger partial charge in [-0.2, -0.15) is 0 Å². The summed E-state index contributed by atoms with van der Waals surface area (Å²) in [4.78, 5) is 0. The Morgan fingerprint density at radius 1 is 0.842 bits per heavy atom. The van der Waals surface area contributed by atoms with Crippen LogP contribution in [-0.4, -0.2) is 5.56 Å². The summed E-state index contributed by atoms with van der Waals surface area (Å²) in [6.45, 7) is 0. The Labute approximate surface area is 120 Å². The standard InChI is InChI=1S/C14H17IN4/c1-16-8-10-18(12-16)15(14-6-4-3-5-7-14)19-11-9-17(2)13-19/h3-13H,1-2H3/q+2. The number of benzene rings is 1. The molecule has 0 bridgehead atoms. The van der Waals surface area contributed by atoms with Crippen LogP contribution in [0.3, 0.4) is 0 Å². The second kappa shape index (κ2) is 5.16. The molecule has 19 heavy (non-hydrogen) atoms. The summed E-state index contributed by atoms with van der Waals surface area (Å²) in [7, 11) is 4.12. The van der Waals surface area contributed by atoms with Crippen LogP contribution in [0.2, 0.25) is 0 Å². The van der Waals surface area contributed by atoms with E-state index in [1.165, 1.54) is 3.57 Å². The first kappa shape index (κ1) is 12.4. The maximum absolute atomic E-state index is 2.36. The number of aromatic nitrogens is 4. The van der Waals surface area contributed by atoms with Crippen LogP contribution in [0.1, 0.15) is 0 Å². The second-order valence-corrected chi connectivity index (χ2v) is 9.26. The van der Waals surface area contributed by atoms with E-state index in [9.17, 15) is 0 Å². The molecule has 0 saturated carbocycles. The Balaban J connectivity index is 2.11. The average Bonchev–Trinajstić information content (AvgIpc) is 3.01. The first-order valence-corrected chi connectivity index (χ1v) is 9.07. The van der Waals surface area contributed by atoms with Crippen molar-refractivity contribution in [3.63, 3.8) is 0 Å². The predicted octanol–water partition coefficient (Wildman–Crippen LogP) is 1.54. The summed E-state index contributed by atoms with van der Waals surface area (Å²) in [5, 5.41) is 0. The van der Waals surface area contributed by atoms with Gasteiger partial charge in [0.2, 0.25) is 0 Å². The number of hydrogen-bond donors (Lipinski definition) is 0. The first-order valence-electron chi connectivity index (χ1n) is 6.06. The third kappa shape index (κ3) is 2.56. The molecule has 2 heterocycles. The van der Waals surface area contributed by atoms with E-state index >= 15 is 0 Å². The molecule has 0 saturated heterocycles. The predicted molar refractivity (Wildman–Crippen MR) is 81.2 cm³/mol. The van der Waals surface area contributed by atoms with E-state index < -0.39 is 20.4 Å². The van der Waals surface area contributed by atoms with Crippen molar-refractivity contribution in [2.24, 2.45) is 14.1 Å². The summed E-state index contributed by atoms with van der Waals surface area (Å²) >= 11 is -1.68. The molecule has 0 aliphatic heterocycles. The fourth-order valence-corrected chi connectivity index (χ4v) is 6.96. The molecule has 1 aromatic carbocycles. The topological polar surface area (TPSA) is 17.6 Å². The van der Waals surface area contributed by atoms with Crippen LogP contribution in [0.15, 0.2) is 67.8 Å². The minimum absolute atomic E-state index is 1.42. The molecule has 0 atom stereocenters. The molecule has 4 nitrogen and oxygen atoms in total.